The minimum Gasteiger partial charge on any atom is -0.497 e. The Morgan fingerprint density at radius 3 is 2.51 bits per heavy atom. The van der Waals surface area contributed by atoms with Crippen molar-refractivity contribution in [1.82, 2.24) is 0 Å². The molecule has 9 nitrogen and oxygen atoms in total. The summed E-state index contributed by atoms with van der Waals surface area (Å²) in [6.07, 6.45) is 0.873. The molecule has 1 heterocycles. The molecule has 9 heteroatoms. The van der Waals surface area contributed by atoms with E-state index < -0.39 is 5.92 Å². The number of hydrogen-bond acceptors (Lipinski definition) is 8. The number of rotatable bonds is 7. The van der Waals surface area contributed by atoms with Crippen molar-refractivity contribution < 1.29 is 28.5 Å². The lowest BCUT2D eigenvalue weighted by Crippen LogP contribution is -2.33. The fraction of sp³-hybridized carbons (Fsp3) is 0.321. The van der Waals surface area contributed by atoms with Gasteiger partial charge in [0.2, 0.25) is 5.88 Å². The van der Waals surface area contributed by atoms with Crippen molar-refractivity contribution in [1.29, 1.82) is 5.26 Å². The largest absolute Gasteiger partial charge is 0.497 e. The van der Waals surface area contributed by atoms with Crippen LogP contribution in [0, 0.1) is 16.7 Å². The predicted octanol–water partition coefficient (Wildman–Crippen LogP) is 4.17. The number of nitrogens with zero attached hydrogens (tertiary/aromatic N) is 1. The standard InChI is InChI=1S/C28H29N3O6/c1-28(2)12-20(32)26-23(13-28)37-27(30)19(14-29)25(26)16-5-10-21(22(11-16)35-4)36-15-24(33)31-17-6-8-18(34-3)9-7-17/h5-11,25H,12-13,15,30H2,1-4H3,(H,31,33). The summed E-state index contributed by atoms with van der Waals surface area (Å²) in [5.41, 5.74) is 7.68. The van der Waals surface area contributed by atoms with Gasteiger partial charge in [-0.25, -0.2) is 0 Å². The molecule has 2 aromatic carbocycles. The van der Waals surface area contributed by atoms with Crippen LogP contribution in [0.1, 0.15) is 38.2 Å². The number of allylic oxidation sites excluding steroid dienone is 3. The van der Waals surface area contributed by atoms with Gasteiger partial charge in [-0.05, 0) is 47.4 Å². The predicted molar refractivity (Wildman–Crippen MR) is 136 cm³/mol. The Balaban J connectivity index is 1.56. The number of ketones is 1. The zero-order valence-corrected chi connectivity index (χ0v) is 21.2. The fourth-order valence-corrected chi connectivity index (χ4v) is 4.62. The van der Waals surface area contributed by atoms with Gasteiger partial charge in [-0.1, -0.05) is 19.9 Å². The molecule has 0 radical (unpaired) electrons. The maximum Gasteiger partial charge on any atom is 0.262 e. The maximum absolute atomic E-state index is 13.2. The van der Waals surface area contributed by atoms with Gasteiger partial charge in [0.05, 0.1) is 20.1 Å². The number of ether oxygens (including phenoxy) is 4. The van der Waals surface area contributed by atoms with Crippen LogP contribution in [0.25, 0.3) is 0 Å². The Hall–Kier alpha value is -4.45. The Morgan fingerprint density at radius 1 is 1.14 bits per heavy atom. The van der Waals surface area contributed by atoms with Crippen LogP contribution >= 0.6 is 0 Å². The topological polar surface area (TPSA) is 133 Å². The molecule has 3 N–H and O–H groups in total. The molecule has 1 unspecified atom stereocenters. The number of anilines is 1. The van der Waals surface area contributed by atoms with E-state index in [9.17, 15) is 14.9 Å². The van der Waals surface area contributed by atoms with Crippen LogP contribution in [0.5, 0.6) is 17.2 Å². The molecular formula is C28H29N3O6. The van der Waals surface area contributed by atoms with Crippen LogP contribution in [0.15, 0.2) is 65.3 Å². The molecule has 1 amide bonds. The van der Waals surface area contributed by atoms with Crippen LogP contribution in [0.2, 0.25) is 0 Å². The summed E-state index contributed by atoms with van der Waals surface area (Å²) in [7, 11) is 3.04. The Morgan fingerprint density at radius 2 is 1.86 bits per heavy atom. The van der Waals surface area contributed by atoms with Crippen LogP contribution in [-0.4, -0.2) is 32.5 Å². The SMILES string of the molecule is COc1ccc(NC(=O)COc2ccc(C3C(C#N)=C(N)OC4=C3C(=O)CC(C)(C)C4)cc2OC)cc1. The van der Waals surface area contributed by atoms with Crippen LogP contribution in [-0.2, 0) is 14.3 Å². The summed E-state index contributed by atoms with van der Waals surface area (Å²) >= 11 is 0. The number of nitrogens with one attached hydrogen (secondary N) is 1. The van der Waals surface area contributed by atoms with Crippen molar-refractivity contribution in [3.05, 3.63) is 70.8 Å². The van der Waals surface area contributed by atoms with Gasteiger partial charge >= 0.3 is 0 Å². The fourth-order valence-electron chi connectivity index (χ4n) is 4.62. The van der Waals surface area contributed by atoms with Gasteiger partial charge in [-0.15, -0.1) is 0 Å². The summed E-state index contributed by atoms with van der Waals surface area (Å²) < 4.78 is 22.1. The highest BCUT2D eigenvalue weighted by atomic mass is 16.5. The van der Waals surface area contributed by atoms with Crippen molar-refractivity contribution >= 4 is 17.4 Å². The van der Waals surface area contributed by atoms with Crippen molar-refractivity contribution in [2.45, 2.75) is 32.6 Å². The monoisotopic (exact) mass is 503 g/mol. The first-order valence-corrected chi connectivity index (χ1v) is 11.7. The lowest BCUT2D eigenvalue weighted by molar-refractivity contribution is -0.119. The van der Waals surface area contributed by atoms with E-state index in [1.165, 1.54) is 7.11 Å². The molecule has 0 bridgehead atoms. The van der Waals surface area contributed by atoms with E-state index >= 15 is 0 Å². The van der Waals surface area contributed by atoms with Gasteiger partial charge in [0.1, 0.15) is 23.2 Å². The number of amides is 1. The van der Waals surface area contributed by atoms with Gasteiger partial charge in [0.25, 0.3) is 5.91 Å². The van der Waals surface area contributed by atoms with E-state index in [1.807, 2.05) is 13.8 Å². The minimum atomic E-state index is -0.682. The quantitative estimate of drug-likeness (QED) is 0.575. The molecule has 0 spiro atoms. The van der Waals surface area contributed by atoms with E-state index in [4.69, 9.17) is 24.7 Å². The second kappa shape index (κ2) is 10.3. The molecular weight excluding hydrogens is 474 g/mol. The molecule has 37 heavy (non-hydrogen) atoms. The summed E-state index contributed by atoms with van der Waals surface area (Å²) in [5.74, 6) is 0.745. The summed E-state index contributed by atoms with van der Waals surface area (Å²) in [5, 5.41) is 12.6. The van der Waals surface area contributed by atoms with Gasteiger partial charge in [-0.2, -0.15) is 5.26 Å². The van der Waals surface area contributed by atoms with E-state index in [2.05, 4.69) is 11.4 Å². The Kier molecular flexibility index (Phi) is 7.11. The second-order valence-electron chi connectivity index (χ2n) is 9.68. The van der Waals surface area contributed by atoms with Crippen molar-refractivity contribution in [2.75, 3.05) is 26.1 Å². The van der Waals surface area contributed by atoms with Gasteiger partial charge < -0.3 is 30.0 Å². The molecule has 2 aromatic rings. The zero-order valence-electron chi connectivity index (χ0n) is 21.2. The molecule has 1 aliphatic carbocycles. The number of nitriles is 1. The molecule has 1 atom stereocenters. The molecule has 0 fully saturated rings. The van der Waals surface area contributed by atoms with Gasteiger partial charge in [0, 0.05) is 24.1 Å². The number of carbonyl (C=O) groups is 2. The number of hydrogen-bond donors (Lipinski definition) is 2. The molecule has 4 rings (SSSR count). The number of methoxy groups -OCH3 is 2. The van der Waals surface area contributed by atoms with Gasteiger partial charge in [-0.3, -0.25) is 9.59 Å². The first-order valence-electron chi connectivity index (χ1n) is 11.7. The highest BCUT2D eigenvalue weighted by Crippen LogP contribution is 2.48. The van der Waals surface area contributed by atoms with Crippen molar-refractivity contribution in [3.63, 3.8) is 0 Å². The smallest absolute Gasteiger partial charge is 0.262 e. The van der Waals surface area contributed by atoms with Crippen molar-refractivity contribution in [3.8, 4) is 23.3 Å². The number of benzene rings is 2. The van der Waals surface area contributed by atoms with E-state index in [0.29, 0.717) is 52.7 Å². The molecule has 1 aliphatic heterocycles. The zero-order chi connectivity index (χ0) is 26.7. The van der Waals surface area contributed by atoms with Crippen LogP contribution in [0.3, 0.4) is 0 Å². The third-order valence-electron chi connectivity index (χ3n) is 6.33. The third-order valence-corrected chi connectivity index (χ3v) is 6.33. The average Bonchev–Trinajstić information content (AvgIpc) is 2.86. The number of carbonyl (C=O) groups excluding carboxylic acids is 2. The van der Waals surface area contributed by atoms with E-state index in [0.717, 1.165) is 0 Å². The molecule has 0 saturated heterocycles. The number of nitrogens with two attached hydrogens (primary N) is 1. The van der Waals surface area contributed by atoms with E-state index in [1.54, 1.807) is 49.6 Å². The highest BCUT2D eigenvalue weighted by Gasteiger charge is 2.43. The maximum atomic E-state index is 13.2. The lowest BCUT2D eigenvalue weighted by Gasteiger charge is -2.37. The lowest BCUT2D eigenvalue weighted by atomic mass is 9.70. The summed E-state index contributed by atoms with van der Waals surface area (Å²) in [6.45, 7) is 3.73. The first kappa shape index (κ1) is 25.6. The molecule has 0 saturated carbocycles. The summed E-state index contributed by atoms with van der Waals surface area (Å²) in [6, 6.07) is 14.1. The first-order chi connectivity index (χ1) is 17.7. The van der Waals surface area contributed by atoms with Crippen molar-refractivity contribution in [2.24, 2.45) is 11.1 Å². The summed E-state index contributed by atoms with van der Waals surface area (Å²) in [4.78, 5) is 25.6. The average molecular weight is 504 g/mol. The van der Waals surface area contributed by atoms with Gasteiger partial charge in [0.15, 0.2) is 23.9 Å². The minimum absolute atomic E-state index is 0.00811. The Bertz CT molecular complexity index is 1330. The molecule has 2 aliphatic rings. The highest BCUT2D eigenvalue weighted by molar-refractivity contribution is 6.00. The number of Topliss-reactive ketones (excluding diaryl/α,β-unsaturated/α-hetero) is 1. The van der Waals surface area contributed by atoms with E-state index in [-0.39, 0.29) is 35.2 Å². The van der Waals surface area contributed by atoms with Crippen LogP contribution < -0.4 is 25.3 Å². The second-order valence-corrected chi connectivity index (χ2v) is 9.68. The molecule has 192 valence electrons. The normalized spacial score (nSPS) is 18.4. The Labute approximate surface area is 215 Å². The molecule has 0 aromatic heterocycles. The third kappa shape index (κ3) is 5.38. The van der Waals surface area contributed by atoms with Crippen LogP contribution in [0.4, 0.5) is 5.69 Å².